The lowest BCUT2D eigenvalue weighted by Gasteiger charge is -2.13. The summed E-state index contributed by atoms with van der Waals surface area (Å²) in [5.74, 6) is 0.780. The molecule has 1 aliphatic carbocycles. The minimum Gasteiger partial charge on any atom is -0.496 e. The first-order valence-electron chi connectivity index (χ1n) is 7.94. The third-order valence-corrected chi connectivity index (χ3v) is 4.62. The van der Waals surface area contributed by atoms with Crippen LogP contribution < -0.4 is 4.74 Å². The lowest BCUT2D eigenvalue weighted by atomic mass is 10.0. The number of rotatable bonds is 3. The van der Waals surface area contributed by atoms with Crippen molar-refractivity contribution >= 4 is 10.8 Å². The largest absolute Gasteiger partial charge is 0.496 e. The fourth-order valence-electron chi connectivity index (χ4n) is 3.43. The molecule has 0 radical (unpaired) electrons. The van der Waals surface area contributed by atoms with Gasteiger partial charge in [-0.25, -0.2) is 0 Å². The normalized spacial score (nSPS) is 21.0. The molecule has 4 rings (SSSR count). The highest BCUT2D eigenvalue weighted by Gasteiger charge is 2.29. The first-order valence-corrected chi connectivity index (χ1v) is 7.94. The van der Waals surface area contributed by atoms with Crippen molar-refractivity contribution in [1.29, 1.82) is 0 Å². The summed E-state index contributed by atoms with van der Waals surface area (Å²) < 4.78 is 5.54. The van der Waals surface area contributed by atoms with Crippen LogP contribution in [0.1, 0.15) is 25.3 Å². The van der Waals surface area contributed by atoms with Crippen LogP contribution in [0, 0.1) is 0 Å². The van der Waals surface area contributed by atoms with Crippen LogP contribution in [0.5, 0.6) is 5.75 Å². The monoisotopic (exact) mass is 309 g/mol. The van der Waals surface area contributed by atoms with Crippen LogP contribution in [0.3, 0.4) is 0 Å². The fourth-order valence-corrected chi connectivity index (χ4v) is 3.43. The van der Waals surface area contributed by atoms with E-state index in [4.69, 9.17) is 4.74 Å². The average molecular weight is 309 g/mol. The second-order valence-corrected chi connectivity index (χ2v) is 5.98. The van der Waals surface area contributed by atoms with E-state index >= 15 is 0 Å². The van der Waals surface area contributed by atoms with E-state index in [0.29, 0.717) is 0 Å². The Kier molecular flexibility index (Phi) is 3.50. The van der Waals surface area contributed by atoms with Crippen LogP contribution in [0.15, 0.2) is 42.6 Å². The minimum absolute atomic E-state index is 0.0234. The van der Waals surface area contributed by atoms with Crippen molar-refractivity contribution < 1.29 is 9.84 Å². The summed E-state index contributed by atoms with van der Waals surface area (Å²) in [5.41, 5.74) is 1.72. The Balaban J connectivity index is 1.84. The van der Waals surface area contributed by atoms with E-state index in [9.17, 15) is 5.11 Å². The zero-order valence-electron chi connectivity index (χ0n) is 13.0. The van der Waals surface area contributed by atoms with Gasteiger partial charge in [-0.05, 0) is 36.1 Å². The Morgan fingerprint density at radius 3 is 2.83 bits per heavy atom. The molecular formula is C18H19N3O2. The third kappa shape index (κ3) is 2.37. The third-order valence-electron chi connectivity index (χ3n) is 4.62. The van der Waals surface area contributed by atoms with Gasteiger partial charge in [0.25, 0.3) is 0 Å². The molecule has 0 saturated heterocycles. The van der Waals surface area contributed by atoms with Gasteiger partial charge in [-0.15, -0.1) is 0 Å². The minimum atomic E-state index is -0.357. The summed E-state index contributed by atoms with van der Waals surface area (Å²) in [7, 11) is 1.67. The number of ether oxygens (including phenoxy) is 1. The van der Waals surface area contributed by atoms with E-state index in [1.165, 1.54) is 0 Å². The van der Waals surface area contributed by atoms with Crippen molar-refractivity contribution in [3.05, 3.63) is 42.6 Å². The second-order valence-electron chi connectivity index (χ2n) is 5.98. The van der Waals surface area contributed by atoms with Gasteiger partial charge in [0, 0.05) is 0 Å². The summed E-state index contributed by atoms with van der Waals surface area (Å²) in [5, 5.41) is 21.3. The Morgan fingerprint density at radius 1 is 1.17 bits per heavy atom. The van der Waals surface area contributed by atoms with Crippen molar-refractivity contribution in [2.24, 2.45) is 0 Å². The summed E-state index contributed by atoms with van der Waals surface area (Å²) in [4.78, 5) is 1.66. The zero-order valence-corrected chi connectivity index (χ0v) is 13.0. The molecule has 0 unspecified atom stereocenters. The molecule has 2 atom stereocenters. The summed E-state index contributed by atoms with van der Waals surface area (Å²) in [6.45, 7) is 0. The molecule has 0 bridgehead atoms. The second kappa shape index (κ2) is 5.66. The smallest absolute Gasteiger partial charge is 0.129 e. The number of aliphatic hydroxyl groups is 1. The molecule has 5 nitrogen and oxygen atoms in total. The molecule has 0 amide bonds. The van der Waals surface area contributed by atoms with Crippen molar-refractivity contribution in [3.63, 3.8) is 0 Å². The standard InChI is InChI=1S/C18H19N3O2/c1-23-17-10-9-12-5-2-3-6-13(12)18(17)14-11-19-21(20-14)15-7-4-8-16(15)22/h2-3,5-6,9-11,15-16,22H,4,7-8H2,1H3/t15-,16-/m0/s1. The Morgan fingerprint density at radius 2 is 2.04 bits per heavy atom. The SMILES string of the molecule is COc1ccc2ccccc2c1-c1cnn([C@H]2CCC[C@@H]2O)n1. The van der Waals surface area contributed by atoms with Crippen molar-refractivity contribution in [1.82, 2.24) is 15.0 Å². The zero-order chi connectivity index (χ0) is 15.8. The first-order chi connectivity index (χ1) is 11.3. The predicted octanol–water partition coefficient (Wildman–Crippen LogP) is 3.19. The predicted molar refractivity (Wildman–Crippen MR) is 88.4 cm³/mol. The molecule has 118 valence electrons. The van der Waals surface area contributed by atoms with Gasteiger partial charge in [0.1, 0.15) is 11.4 Å². The van der Waals surface area contributed by atoms with Crippen molar-refractivity contribution in [2.75, 3.05) is 7.11 Å². The molecule has 1 saturated carbocycles. The molecular weight excluding hydrogens is 290 g/mol. The van der Waals surface area contributed by atoms with Gasteiger partial charge in [0.2, 0.25) is 0 Å². The fraction of sp³-hybridized carbons (Fsp3) is 0.333. The van der Waals surface area contributed by atoms with E-state index in [-0.39, 0.29) is 12.1 Å². The van der Waals surface area contributed by atoms with Crippen molar-refractivity contribution in [3.8, 4) is 17.0 Å². The number of hydrogen-bond donors (Lipinski definition) is 1. The maximum atomic E-state index is 10.1. The first kappa shape index (κ1) is 14.2. The number of fused-ring (bicyclic) bond motifs is 1. The quantitative estimate of drug-likeness (QED) is 0.807. The lowest BCUT2D eigenvalue weighted by Crippen LogP contribution is -2.20. The molecule has 0 aliphatic heterocycles. The van der Waals surface area contributed by atoms with Gasteiger partial charge in [-0.1, -0.05) is 30.3 Å². The number of hydrogen-bond acceptors (Lipinski definition) is 4. The Hall–Kier alpha value is -2.40. The van der Waals surface area contributed by atoms with Crippen LogP contribution in [-0.4, -0.2) is 33.3 Å². The maximum absolute atomic E-state index is 10.1. The van der Waals surface area contributed by atoms with Gasteiger partial charge in [0.15, 0.2) is 0 Å². The van der Waals surface area contributed by atoms with Crippen LogP contribution >= 0.6 is 0 Å². The highest BCUT2D eigenvalue weighted by Crippen LogP contribution is 2.36. The summed E-state index contributed by atoms with van der Waals surface area (Å²) >= 11 is 0. The molecule has 1 aromatic heterocycles. The van der Waals surface area contributed by atoms with Crippen LogP contribution in [0.2, 0.25) is 0 Å². The molecule has 5 heteroatoms. The van der Waals surface area contributed by atoms with Crippen LogP contribution in [0.4, 0.5) is 0 Å². The van der Waals surface area contributed by atoms with Gasteiger partial charge in [0.05, 0.1) is 31.0 Å². The highest BCUT2D eigenvalue weighted by molar-refractivity contribution is 5.98. The molecule has 3 aromatic rings. The van der Waals surface area contributed by atoms with Gasteiger partial charge in [-0.2, -0.15) is 15.0 Å². The molecule has 1 heterocycles. The maximum Gasteiger partial charge on any atom is 0.129 e. The lowest BCUT2D eigenvalue weighted by molar-refractivity contribution is 0.123. The Labute approximate surface area is 134 Å². The van der Waals surface area contributed by atoms with E-state index in [1.807, 2.05) is 24.3 Å². The number of benzene rings is 2. The van der Waals surface area contributed by atoms with Crippen LogP contribution in [0.25, 0.3) is 22.0 Å². The Bertz CT molecular complexity index is 843. The number of methoxy groups -OCH3 is 1. The van der Waals surface area contributed by atoms with E-state index in [2.05, 4.69) is 22.3 Å². The van der Waals surface area contributed by atoms with Gasteiger partial charge >= 0.3 is 0 Å². The topological polar surface area (TPSA) is 60.2 Å². The number of aromatic nitrogens is 3. The number of aliphatic hydroxyl groups excluding tert-OH is 1. The van der Waals surface area contributed by atoms with Crippen molar-refractivity contribution in [2.45, 2.75) is 31.4 Å². The highest BCUT2D eigenvalue weighted by atomic mass is 16.5. The van der Waals surface area contributed by atoms with Gasteiger partial charge < -0.3 is 9.84 Å². The molecule has 1 fully saturated rings. The number of nitrogens with zero attached hydrogens (tertiary/aromatic N) is 3. The van der Waals surface area contributed by atoms with E-state index < -0.39 is 0 Å². The van der Waals surface area contributed by atoms with E-state index in [0.717, 1.165) is 47.0 Å². The van der Waals surface area contributed by atoms with Crippen LogP contribution in [-0.2, 0) is 0 Å². The molecule has 1 N–H and O–H groups in total. The van der Waals surface area contributed by atoms with Gasteiger partial charge in [-0.3, -0.25) is 0 Å². The molecule has 0 spiro atoms. The van der Waals surface area contributed by atoms with E-state index in [1.54, 1.807) is 18.1 Å². The average Bonchev–Trinajstić information content (AvgIpc) is 3.22. The molecule has 23 heavy (non-hydrogen) atoms. The summed E-state index contributed by atoms with van der Waals surface area (Å²) in [6.07, 6.45) is 4.15. The molecule has 1 aliphatic rings. The molecule has 2 aromatic carbocycles. The summed E-state index contributed by atoms with van der Waals surface area (Å²) in [6, 6.07) is 12.1.